The van der Waals surface area contributed by atoms with Crippen LogP contribution in [0, 0.1) is 0 Å². The summed E-state index contributed by atoms with van der Waals surface area (Å²) in [6, 6.07) is 0.986. The van der Waals surface area contributed by atoms with Crippen LogP contribution in [0.15, 0.2) is 6.07 Å². The molecule has 1 aromatic heterocycles. The number of alkyl halides is 3. The molecule has 0 fully saturated rings. The Hall–Kier alpha value is -1.73. The van der Waals surface area contributed by atoms with E-state index in [1.54, 1.807) is 0 Å². The van der Waals surface area contributed by atoms with Crippen molar-refractivity contribution < 1.29 is 27.8 Å². The van der Waals surface area contributed by atoms with Crippen molar-refractivity contribution >= 4 is 5.97 Å². The molecule has 0 saturated carbocycles. The van der Waals surface area contributed by atoms with Crippen molar-refractivity contribution in [3.05, 3.63) is 11.8 Å². The maximum atomic E-state index is 12.3. The van der Waals surface area contributed by atoms with Crippen LogP contribution in [0.25, 0.3) is 0 Å². The fourth-order valence-electron chi connectivity index (χ4n) is 1.43. The van der Waals surface area contributed by atoms with Gasteiger partial charge >= 0.3 is 12.1 Å². The topological polar surface area (TPSA) is 64.3 Å². The summed E-state index contributed by atoms with van der Waals surface area (Å²) in [5.41, 5.74) is -0.321. The number of carboxylic acid groups (broad SMARTS) is 1. The molecule has 1 aliphatic rings. The van der Waals surface area contributed by atoms with Gasteiger partial charge in [-0.2, -0.15) is 18.3 Å². The summed E-state index contributed by atoms with van der Waals surface area (Å²) in [6.07, 6.45) is -6.60. The lowest BCUT2D eigenvalue weighted by Crippen LogP contribution is -2.38. The first-order chi connectivity index (χ1) is 7.38. The number of aromatic nitrogens is 2. The molecule has 2 rings (SSSR count). The Labute approximate surface area is 87.4 Å². The van der Waals surface area contributed by atoms with Gasteiger partial charge in [0, 0.05) is 19.0 Å². The van der Waals surface area contributed by atoms with Gasteiger partial charge in [-0.05, 0) is 0 Å². The van der Waals surface area contributed by atoms with Crippen LogP contribution in [0.1, 0.15) is 16.9 Å². The van der Waals surface area contributed by atoms with Crippen LogP contribution in [0.4, 0.5) is 13.2 Å². The van der Waals surface area contributed by atoms with Crippen molar-refractivity contribution in [2.75, 3.05) is 0 Å². The minimum Gasteiger partial charge on any atom is -0.476 e. The zero-order valence-electron chi connectivity index (χ0n) is 7.86. The Bertz CT molecular complexity index is 427. The highest BCUT2D eigenvalue weighted by atomic mass is 19.4. The second kappa shape index (κ2) is 3.39. The number of nitrogens with zero attached hydrogens (tertiary/aromatic N) is 2. The number of hydrogen-bond acceptors (Lipinski definition) is 3. The van der Waals surface area contributed by atoms with Crippen LogP contribution in [0.2, 0.25) is 0 Å². The van der Waals surface area contributed by atoms with E-state index in [-0.39, 0.29) is 24.5 Å². The van der Waals surface area contributed by atoms with Crippen LogP contribution < -0.4 is 4.74 Å². The van der Waals surface area contributed by atoms with E-state index in [1.165, 1.54) is 0 Å². The fourth-order valence-corrected chi connectivity index (χ4v) is 1.43. The van der Waals surface area contributed by atoms with Crippen molar-refractivity contribution in [1.82, 2.24) is 9.78 Å². The average Bonchev–Trinajstić information content (AvgIpc) is 2.58. The number of carboxylic acids is 1. The molecule has 0 saturated heterocycles. The molecule has 88 valence electrons. The van der Waals surface area contributed by atoms with E-state index in [2.05, 4.69) is 9.84 Å². The Morgan fingerprint density at radius 1 is 1.62 bits per heavy atom. The molecule has 1 unspecified atom stereocenters. The zero-order chi connectivity index (χ0) is 11.9. The summed E-state index contributed by atoms with van der Waals surface area (Å²) in [5, 5.41) is 12.2. The molecule has 1 atom stereocenters. The molecular formula is C8H7F3N2O3. The van der Waals surface area contributed by atoms with Gasteiger partial charge in [-0.1, -0.05) is 0 Å². The van der Waals surface area contributed by atoms with Crippen molar-refractivity contribution in [3.8, 4) is 5.88 Å². The second-order valence-corrected chi connectivity index (χ2v) is 3.33. The summed E-state index contributed by atoms with van der Waals surface area (Å²) >= 11 is 0. The molecule has 1 N–H and O–H groups in total. The number of fused-ring (bicyclic) bond motifs is 1. The Morgan fingerprint density at radius 3 is 2.88 bits per heavy atom. The molecule has 0 bridgehead atoms. The molecule has 1 aliphatic heterocycles. The number of rotatable bonds is 1. The first kappa shape index (κ1) is 10.8. The summed E-state index contributed by atoms with van der Waals surface area (Å²) in [6.45, 7) is -0.00715. The van der Waals surface area contributed by atoms with E-state index in [0.717, 1.165) is 10.7 Å². The Morgan fingerprint density at radius 2 is 2.31 bits per heavy atom. The third kappa shape index (κ3) is 1.82. The Balaban J connectivity index is 2.24. The molecular weight excluding hydrogens is 229 g/mol. The highest BCUT2D eigenvalue weighted by Gasteiger charge is 2.44. The molecule has 1 aromatic rings. The molecule has 0 spiro atoms. The molecule has 0 amide bonds. The van der Waals surface area contributed by atoms with E-state index in [0.29, 0.717) is 0 Å². The van der Waals surface area contributed by atoms with Crippen LogP contribution in [0.5, 0.6) is 5.88 Å². The summed E-state index contributed by atoms with van der Waals surface area (Å²) in [4.78, 5) is 10.5. The quantitative estimate of drug-likeness (QED) is 0.798. The normalized spacial score (nSPS) is 20.1. The van der Waals surface area contributed by atoms with Crippen molar-refractivity contribution in [1.29, 1.82) is 0 Å². The van der Waals surface area contributed by atoms with Crippen LogP contribution >= 0.6 is 0 Å². The van der Waals surface area contributed by atoms with E-state index >= 15 is 0 Å². The SMILES string of the molecule is O=C(O)c1cc2n(n1)CCC(C(F)(F)F)O2. The monoisotopic (exact) mass is 236 g/mol. The molecule has 8 heteroatoms. The lowest BCUT2D eigenvalue weighted by Gasteiger charge is -2.25. The van der Waals surface area contributed by atoms with Gasteiger partial charge in [0.05, 0.1) is 0 Å². The third-order valence-electron chi connectivity index (χ3n) is 2.19. The average molecular weight is 236 g/mol. The molecule has 2 heterocycles. The molecule has 0 aromatic carbocycles. The van der Waals surface area contributed by atoms with Gasteiger partial charge in [0.15, 0.2) is 11.8 Å². The lowest BCUT2D eigenvalue weighted by molar-refractivity contribution is -0.203. The fraction of sp³-hybridized carbons (Fsp3) is 0.500. The smallest absolute Gasteiger partial charge is 0.425 e. The van der Waals surface area contributed by atoms with E-state index in [9.17, 15) is 18.0 Å². The summed E-state index contributed by atoms with van der Waals surface area (Å²) < 4.78 is 42.7. The number of aromatic carboxylic acids is 1. The number of aryl methyl sites for hydroxylation is 1. The van der Waals surface area contributed by atoms with Gasteiger partial charge in [-0.15, -0.1) is 0 Å². The van der Waals surface area contributed by atoms with Gasteiger partial charge in [-0.25, -0.2) is 9.48 Å². The highest BCUT2D eigenvalue weighted by molar-refractivity contribution is 5.85. The van der Waals surface area contributed by atoms with Gasteiger partial charge in [0.2, 0.25) is 5.88 Å². The number of hydrogen-bond donors (Lipinski definition) is 1. The largest absolute Gasteiger partial charge is 0.476 e. The van der Waals surface area contributed by atoms with Crippen molar-refractivity contribution in [3.63, 3.8) is 0 Å². The van der Waals surface area contributed by atoms with E-state index < -0.39 is 18.2 Å². The van der Waals surface area contributed by atoms with E-state index in [1.807, 2.05) is 0 Å². The highest BCUT2D eigenvalue weighted by Crippen LogP contribution is 2.31. The number of halogens is 3. The first-order valence-electron chi connectivity index (χ1n) is 4.42. The lowest BCUT2D eigenvalue weighted by atomic mass is 10.2. The molecule has 5 nitrogen and oxygen atoms in total. The van der Waals surface area contributed by atoms with E-state index in [4.69, 9.17) is 5.11 Å². The van der Waals surface area contributed by atoms with Crippen molar-refractivity contribution in [2.24, 2.45) is 0 Å². The number of ether oxygens (including phenoxy) is 1. The minimum absolute atomic E-state index is 0.00715. The maximum Gasteiger partial charge on any atom is 0.425 e. The molecule has 0 radical (unpaired) electrons. The van der Waals surface area contributed by atoms with Gasteiger partial charge < -0.3 is 9.84 Å². The second-order valence-electron chi connectivity index (χ2n) is 3.33. The summed E-state index contributed by atoms with van der Waals surface area (Å²) in [5.74, 6) is -1.46. The summed E-state index contributed by atoms with van der Waals surface area (Å²) in [7, 11) is 0. The molecule has 16 heavy (non-hydrogen) atoms. The van der Waals surface area contributed by atoms with Crippen LogP contribution in [-0.4, -0.2) is 33.1 Å². The predicted octanol–water partition coefficient (Wildman–Crippen LogP) is 1.29. The van der Waals surface area contributed by atoms with Crippen molar-refractivity contribution in [2.45, 2.75) is 25.2 Å². The van der Waals surface area contributed by atoms with Gasteiger partial charge in [0.1, 0.15) is 0 Å². The number of carbonyl (C=O) groups is 1. The van der Waals surface area contributed by atoms with Crippen LogP contribution in [0.3, 0.4) is 0 Å². The standard InChI is InChI=1S/C8H7F3N2O3/c9-8(10,11)5-1-2-13-6(16-5)3-4(12-13)7(14)15/h3,5H,1-2H2,(H,14,15). The first-order valence-corrected chi connectivity index (χ1v) is 4.42. The zero-order valence-corrected chi connectivity index (χ0v) is 7.86. The van der Waals surface area contributed by atoms with Gasteiger partial charge in [-0.3, -0.25) is 0 Å². The predicted molar refractivity (Wildman–Crippen MR) is 44.3 cm³/mol. The molecule has 0 aliphatic carbocycles. The minimum atomic E-state index is -4.45. The third-order valence-corrected chi connectivity index (χ3v) is 2.19. The van der Waals surface area contributed by atoms with Crippen LogP contribution in [-0.2, 0) is 6.54 Å². The maximum absolute atomic E-state index is 12.3. The Kier molecular flexibility index (Phi) is 2.28. The van der Waals surface area contributed by atoms with Gasteiger partial charge in [0.25, 0.3) is 0 Å².